The second kappa shape index (κ2) is 6.80. The summed E-state index contributed by atoms with van der Waals surface area (Å²) in [7, 11) is 0. The van der Waals surface area contributed by atoms with Crippen LogP contribution < -0.4 is 5.73 Å². The van der Waals surface area contributed by atoms with E-state index in [-0.39, 0.29) is 5.75 Å². The van der Waals surface area contributed by atoms with E-state index in [0.717, 1.165) is 27.4 Å². The van der Waals surface area contributed by atoms with E-state index in [1.165, 1.54) is 0 Å². The molecule has 0 saturated heterocycles. The Balaban J connectivity index is 1.57. The molecule has 5 nitrogen and oxygen atoms in total. The molecule has 0 spiro atoms. The minimum absolute atomic E-state index is 0.176. The quantitative estimate of drug-likeness (QED) is 0.312. The molecule has 0 aliphatic heterocycles. The molecule has 0 bridgehead atoms. The predicted molar refractivity (Wildman–Crippen MR) is 117 cm³/mol. The molecule has 1 aromatic heterocycles. The van der Waals surface area contributed by atoms with Crippen molar-refractivity contribution in [3.63, 3.8) is 0 Å². The fraction of sp³-hybridized carbons (Fsp3) is 0. The summed E-state index contributed by atoms with van der Waals surface area (Å²) in [5.74, 6) is 0.665. The Labute approximate surface area is 166 Å². The number of phenolic OH excluding ortho intramolecular Hbond substituents is 1. The van der Waals surface area contributed by atoms with Crippen LogP contribution in [-0.2, 0) is 0 Å². The smallest absolute Gasteiger partial charge is 0.227 e. The number of aromatic nitrogens is 1. The van der Waals surface area contributed by atoms with Gasteiger partial charge in [-0.2, -0.15) is 0 Å². The van der Waals surface area contributed by atoms with Gasteiger partial charge in [0.25, 0.3) is 0 Å². The number of para-hydroxylation sites is 2. The summed E-state index contributed by atoms with van der Waals surface area (Å²) >= 11 is 0. The molecule has 4 aromatic carbocycles. The summed E-state index contributed by atoms with van der Waals surface area (Å²) in [4.78, 5) is 9.08. The third-order valence-electron chi connectivity index (χ3n) is 4.77. The van der Waals surface area contributed by atoms with Crippen LogP contribution in [0.15, 0.2) is 88.3 Å². The van der Waals surface area contributed by atoms with Crippen LogP contribution in [0, 0.1) is 0 Å². The number of aliphatic imine (C=N–C) groups is 1. The van der Waals surface area contributed by atoms with E-state index in [2.05, 4.69) is 9.98 Å². The van der Waals surface area contributed by atoms with Crippen LogP contribution in [0.5, 0.6) is 5.75 Å². The maximum atomic E-state index is 10.3. The molecule has 5 rings (SSSR count). The Hall–Kier alpha value is -4.12. The highest BCUT2D eigenvalue weighted by Crippen LogP contribution is 2.31. The molecule has 29 heavy (non-hydrogen) atoms. The number of nitrogen functional groups attached to an aromatic ring is 1. The minimum atomic E-state index is 0.176. The zero-order chi connectivity index (χ0) is 19.8. The van der Waals surface area contributed by atoms with Crippen molar-refractivity contribution in [3.05, 3.63) is 84.4 Å². The molecule has 0 atom stereocenters. The van der Waals surface area contributed by atoms with E-state index in [0.29, 0.717) is 22.8 Å². The van der Waals surface area contributed by atoms with Crippen molar-refractivity contribution in [2.75, 3.05) is 5.73 Å². The molecule has 0 aliphatic carbocycles. The maximum absolute atomic E-state index is 10.3. The van der Waals surface area contributed by atoms with Crippen molar-refractivity contribution < 1.29 is 9.52 Å². The summed E-state index contributed by atoms with van der Waals surface area (Å²) < 4.78 is 5.85. The lowest BCUT2D eigenvalue weighted by atomic mass is 10.0. The molecular formula is C24H17N3O2. The summed E-state index contributed by atoms with van der Waals surface area (Å²) in [5, 5.41) is 12.3. The van der Waals surface area contributed by atoms with Crippen molar-refractivity contribution in [2.24, 2.45) is 4.99 Å². The number of anilines is 1. The molecule has 0 amide bonds. The lowest BCUT2D eigenvalue weighted by Gasteiger charge is -2.05. The highest BCUT2D eigenvalue weighted by atomic mass is 16.3. The van der Waals surface area contributed by atoms with Crippen molar-refractivity contribution >= 4 is 39.5 Å². The van der Waals surface area contributed by atoms with E-state index in [1.54, 1.807) is 24.4 Å². The number of nitrogens with zero attached hydrogens (tertiary/aromatic N) is 2. The molecule has 0 aliphatic rings. The van der Waals surface area contributed by atoms with Crippen molar-refractivity contribution in [1.82, 2.24) is 4.98 Å². The average Bonchev–Trinajstić information content (AvgIpc) is 3.17. The van der Waals surface area contributed by atoms with Gasteiger partial charge < -0.3 is 15.3 Å². The Morgan fingerprint density at radius 2 is 1.76 bits per heavy atom. The van der Waals surface area contributed by atoms with Gasteiger partial charge >= 0.3 is 0 Å². The molecule has 140 valence electrons. The zero-order valence-electron chi connectivity index (χ0n) is 15.4. The fourth-order valence-electron chi connectivity index (χ4n) is 3.39. The molecule has 0 unspecified atom stereocenters. The van der Waals surface area contributed by atoms with Crippen molar-refractivity contribution in [1.29, 1.82) is 0 Å². The molecule has 0 radical (unpaired) electrons. The molecule has 5 aromatic rings. The van der Waals surface area contributed by atoms with Crippen molar-refractivity contribution in [3.8, 4) is 17.2 Å². The second-order valence-electron chi connectivity index (χ2n) is 6.78. The van der Waals surface area contributed by atoms with E-state index in [9.17, 15) is 5.11 Å². The number of oxazole rings is 1. The summed E-state index contributed by atoms with van der Waals surface area (Å²) in [5.41, 5.74) is 10.2. The monoisotopic (exact) mass is 379 g/mol. The number of phenols is 1. The maximum Gasteiger partial charge on any atom is 0.227 e. The third-order valence-corrected chi connectivity index (χ3v) is 4.77. The normalized spacial score (nSPS) is 11.6. The van der Waals surface area contributed by atoms with Gasteiger partial charge in [-0.05, 0) is 47.2 Å². The predicted octanol–water partition coefficient (Wildman–Crippen LogP) is 5.69. The lowest BCUT2D eigenvalue weighted by Crippen LogP contribution is -1.88. The third kappa shape index (κ3) is 3.19. The molecular weight excluding hydrogens is 362 g/mol. The van der Waals surface area contributed by atoms with Crippen LogP contribution >= 0.6 is 0 Å². The summed E-state index contributed by atoms with van der Waals surface area (Å²) in [6, 6.07) is 24.4. The Bertz CT molecular complexity index is 1350. The Morgan fingerprint density at radius 1 is 0.931 bits per heavy atom. The van der Waals surface area contributed by atoms with Gasteiger partial charge in [-0.3, -0.25) is 4.99 Å². The first kappa shape index (κ1) is 17.0. The minimum Gasteiger partial charge on any atom is -0.507 e. The van der Waals surface area contributed by atoms with Gasteiger partial charge in [0.15, 0.2) is 5.58 Å². The largest absolute Gasteiger partial charge is 0.507 e. The highest BCUT2D eigenvalue weighted by molar-refractivity contribution is 6.03. The summed E-state index contributed by atoms with van der Waals surface area (Å²) in [6.07, 6.45) is 1.66. The van der Waals surface area contributed by atoms with Gasteiger partial charge in [-0.1, -0.05) is 42.5 Å². The second-order valence-corrected chi connectivity index (χ2v) is 6.78. The number of rotatable bonds is 3. The molecule has 0 saturated carbocycles. The molecule has 1 heterocycles. The number of benzene rings is 4. The van der Waals surface area contributed by atoms with Gasteiger partial charge in [0.05, 0.1) is 5.69 Å². The highest BCUT2D eigenvalue weighted by Gasteiger charge is 2.10. The van der Waals surface area contributed by atoms with Gasteiger partial charge in [-0.25, -0.2) is 4.98 Å². The SMILES string of the molecule is Nc1cc(N=Cc2c(O)ccc3ccccc23)cc(-c2nc3ccccc3o2)c1. The fourth-order valence-corrected chi connectivity index (χ4v) is 3.39. The van der Waals surface area contributed by atoms with Gasteiger partial charge in [0.2, 0.25) is 5.89 Å². The molecule has 5 heteroatoms. The first-order chi connectivity index (χ1) is 14.2. The number of hydrogen-bond donors (Lipinski definition) is 2. The first-order valence-electron chi connectivity index (χ1n) is 9.19. The molecule has 0 fully saturated rings. The van der Waals surface area contributed by atoms with Crippen LogP contribution in [0.3, 0.4) is 0 Å². The van der Waals surface area contributed by atoms with Crippen LogP contribution in [0.2, 0.25) is 0 Å². The van der Waals surface area contributed by atoms with Gasteiger partial charge in [0, 0.05) is 23.0 Å². The number of nitrogens with two attached hydrogens (primary N) is 1. The lowest BCUT2D eigenvalue weighted by molar-refractivity contribution is 0.475. The first-order valence-corrected chi connectivity index (χ1v) is 9.19. The Morgan fingerprint density at radius 3 is 2.66 bits per heavy atom. The number of fused-ring (bicyclic) bond motifs is 2. The average molecular weight is 379 g/mol. The van der Waals surface area contributed by atoms with E-state index >= 15 is 0 Å². The zero-order valence-corrected chi connectivity index (χ0v) is 15.4. The van der Waals surface area contributed by atoms with Crippen LogP contribution in [0.1, 0.15) is 5.56 Å². The topological polar surface area (TPSA) is 84.6 Å². The van der Waals surface area contributed by atoms with E-state index < -0.39 is 0 Å². The molecule has 3 N–H and O–H groups in total. The van der Waals surface area contributed by atoms with Gasteiger partial charge in [-0.15, -0.1) is 0 Å². The summed E-state index contributed by atoms with van der Waals surface area (Å²) in [6.45, 7) is 0. The van der Waals surface area contributed by atoms with E-state index in [1.807, 2.05) is 60.7 Å². The standard InChI is InChI=1S/C24H17N3O2/c25-17-11-16(24-27-21-7-3-4-8-23(21)29-24)12-18(13-17)26-14-20-19-6-2-1-5-15(19)9-10-22(20)28/h1-14,28H,25H2. The van der Waals surface area contributed by atoms with Gasteiger partial charge in [0.1, 0.15) is 11.3 Å². The van der Waals surface area contributed by atoms with Crippen LogP contribution in [0.25, 0.3) is 33.3 Å². The van der Waals surface area contributed by atoms with E-state index in [4.69, 9.17) is 10.2 Å². The Kier molecular flexibility index (Phi) is 3.99. The number of hydrogen-bond acceptors (Lipinski definition) is 5. The van der Waals surface area contributed by atoms with Crippen molar-refractivity contribution in [2.45, 2.75) is 0 Å². The van der Waals surface area contributed by atoms with Crippen LogP contribution in [0.4, 0.5) is 11.4 Å². The van der Waals surface area contributed by atoms with Crippen LogP contribution in [-0.4, -0.2) is 16.3 Å². The number of aromatic hydroxyl groups is 1.